The molecule has 0 aromatic rings. The number of nitrogens with zero attached hydrogens (tertiary/aromatic N) is 2. The third kappa shape index (κ3) is 15.2. The van der Waals surface area contributed by atoms with Crippen molar-refractivity contribution in [1.82, 2.24) is 0 Å². The molecule has 0 aromatic carbocycles. The summed E-state index contributed by atoms with van der Waals surface area (Å²) in [5.41, 5.74) is -0.555. The largest absolute Gasteiger partial charge is 0.436 e. The minimum absolute atomic E-state index is 0.152. The molecule has 170 valence electrons. The molecule has 30 heavy (non-hydrogen) atoms. The molecule has 0 rings (SSSR count). The van der Waals surface area contributed by atoms with Gasteiger partial charge in [0.15, 0.2) is 12.6 Å². The molecular formula is C21H35N2O6P. The SMILES string of the molecule is CC(OCCCCOC(C)OC(=O)CCC(C)(P)C#N)OC(=O)CCC(C)(C)C#N. The normalized spacial score (nSPS) is 15.2. The Morgan fingerprint density at radius 1 is 0.867 bits per heavy atom. The standard InChI is InChI=1S/C21H35N2O6P/c1-16(28-18(24)8-10-20(3,4)14-22)26-12-6-7-13-27-17(2)29-19(25)9-11-21(5,30)15-23/h16-17H,6-13,30H2,1-5H3. The van der Waals surface area contributed by atoms with Gasteiger partial charge in [0.05, 0.1) is 35.9 Å². The molecule has 0 heterocycles. The first-order chi connectivity index (χ1) is 13.9. The van der Waals surface area contributed by atoms with Gasteiger partial charge >= 0.3 is 11.9 Å². The zero-order valence-electron chi connectivity index (χ0n) is 18.7. The predicted molar refractivity (Wildman–Crippen MR) is 114 cm³/mol. The summed E-state index contributed by atoms with van der Waals surface area (Å²) in [6.07, 6.45) is 1.23. The summed E-state index contributed by atoms with van der Waals surface area (Å²) in [6, 6.07) is 4.25. The maximum atomic E-state index is 11.7. The van der Waals surface area contributed by atoms with Gasteiger partial charge < -0.3 is 18.9 Å². The van der Waals surface area contributed by atoms with E-state index in [1.165, 1.54) is 0 Å². The summed E-state index contributed by atoms with van der Waals surface area (Å²) >= 11 is 0. The van der Waals surface area contributed by atoms with E-state index in [0.717, 1.165) is 0 Å². The molecule has 0 saturated heterocycles. The number of ether oxygens (including phenoxy) is 4. The molecule has 0 aromatic heterocycles. The van der Waals surface area contributed by atoms with E-state index in [0.29, 0.717) is 38.9 Å². The summed E-state index contributed by atoms with van der Waals surface area (Å²) in [4.78, 5) is 23.5. The molecule has 0 spiro atoms. The van der Waals surface area contributed by atoms with Crippen LogP contribution in [0.25, 0.3) is 0 Å². The second-order valence-electron chi connectivity index (χ2n) is 8.09. The Morgan fingerprint density at radius 3 is 1.70 bits per heavy atom. The highest BCUT2D eigenvalue weighted by Gasteiger charge is 2.21. The van der Waals surface area contributed by atoms with Crippen LogP contribution in [0.4, 0.5) is 0 Å². The zero-order valence-corrected chi connectivity index (χ0v) is 19.9. The van der Waals surface area contributed by atoms with Crippen LogP contribution >= 0.6 is 9.24 Å². The maximum Gasteiger partial charge on any atom is 0.308 e. The molecular weight excluding hydrogens is 407 g/mol. The van der Waals surface area contributed by atoms with Crippen LogP contribution in [0.2, 0.25) is 0 Å². The Balaban J connectivity index is 3.79. The molecule has 0 fully saturated rings. The molecule has 0 bridgehead atoms. The van der Waals surface area contributed by atoms with Crippen LogP contribution in [-0.4, -0.2) is 42.9 Å². The van der Waals surface area contributed by atoms with Crippen LogP contribution in [0.1, 0.15) is 73.1 Å². The molecule has 0 radical (unpaired) electrons. The van der Waals surface area contributed by atoms with E-state index < -0.39 is 29.1 Å². The lowest BCUT2D eigenvalue weighted by Gasteiger charge is -2.18. The van der Waals surface area contributed by atoms with Crippen molar-refractivity contribution in [2.24, 2.45) is 5.41 Å². The van der Waals surface area contributed by atoms with Crippen molar-refractivity contribution in [3.63, 3.8) is 0 Å². The number of hydrogen-bond acceptors (Lipinski definition) is 8. The first-order valence-electron chi connectivity index (χ1n) is 10.1. The average Bonchev–Trinajstić information content (AvgIpc) is 2.67. The van der Waals surface area contributed by atoms with Crippen LogP contribution in [0, 0.1) is 28.1 Å². The quantitative estimate of drug-likeness (QED) is 0.162. The van der Waals surface area contributed by atoms with Gasteiger partial charge in [-0.2, -0.15) is 10.5 Å². The molecule has 0 amide bonds. The third-order valence-electron chi connectivity index (χ3n) is 4.20. The highest BCUT2D eigenvalue weighted by Crippen LogP contribution is 2.23. The van der Waals surface area contributed by atoms with Gasteiger partial charge in [0.2, 0.25) is 0 Å². The summed E-state index contributed by atoms with van der Waals surface area (Å²) in [5.74, 6) is -0.787. The van der Waals surface area contributed by atoms with Crippen molar-refractivity contribution in [2.75, 3.05) is 13.2 Å². The van der Waals surface area contributed by atoms with Gasteiger partial charge in [-0.05, 0) is 60.3 Å². The van der Waals surface area contributed by atoms with Crippen molar-refractivity contribution in [1.29, 1.82) is 10.5 Å². The van der Waals surface area contributed by atoms with Gasteiger partial charge in [0.25, 0.3) is 0 Å². The predicted octanol–water partition coefficient (Wildman–Crippen LogP) is 3.85. The van der Waals surface area contributed by atoms with E-state index >= 15 is 0 Å². The van der Waals surface area contributed by atoms with Crippen molar-refractivity contribution >= 4 is 21.2 Å². The first-order valence-corrected chi connectivity index (χ1v) is 10.7. The van der Waals surface area contributed by atoms with Crippen molar-refractivity contribution < 1.29 is 28.5 Å². The number of hydrogen-bond donors (Lipinski definition) is 0. The second kappa shape index (κ2) is 14.3. The van der Waals surface area contributed by atoms with Crippen LogP contribution in [0.15, 0.2) is 0 Å². The monoisotopic (exact) mass is 442 g/mol. The Bertz CT molecular complexity index is 570. The van der Waals surface area contributed by atoms with E-state index in [4.69, 9.17) is 29.5 Å². The Labute approximate surface area is 182 Å². The second-order valence-corrected chi connectivity index (χ2v) is 9.36. The molecule has 9 heteroatoms. The lowest BCUT2D eigenvalue weighted by Crippen LogP contribution is -2.22. The molecule has 4 unspecified atom stereocenters. The summed E-state index contributed by atoms with van der Waals surface area (Å²) in [7, 11) is 2.42. The van der Waals surface area contributed by atoms with Crippen molar-refractivity contribution in [3.8, 4) is 12.1 Å². The molecule has 0 saturated carbocycles. The summed E-state index contributed by atoms with van der Waals surface area (Å²) < 4.78 is 21.2. The zero-order chi connectivity index (χ0) is 23.2. The van der Waals surface area contributed by atoms with E-state index in [1.807, 2.05) is 0 Å². The van der Waals surface area contributed by atoms with E-state index in [2.05, 4.69) is 21.4 Å². The Kier molecular flexibility index (Phi) is 13.5. The Hall–Kier alpha value is -1.73. The van der Waals surface area contributed by atoms with Crippen molar-refractivity contribution in [2.45, 2.75) is 90.9 Å². The van der Waals surface area contributed by atoms with Gasteiger partial charge in [-0.15, -0.1) is 9.24 Å². The maximum absolute atomic E-state index is 11.7. The fraction of sp³-hybridized carbons (Fsp3) is 0.810. The van der Waals surface area contributed by atoms with Gasteiger partial charge in [0, 0.05) is 12.8 Å². The number of carbonyl (C=O) groups is 2. The minimum atomic E-state index is -0.659. The first kappa shape index (κ1) is 28.3. The van der Waals surface area contributed by atoms with E-state index in [1.54, 1.807) is 34.6 Å². The molecule has 8 nitrogen and oxygen atoms in total. The highest BCUT2D eigenvalue weighted by atomic mass is 31.0. The molecule has 0 aliphatic carbocycles. The van der Waals surface area contributed by atoms with Crippen LogP contribution in [0.3, 0.4) is 0 Å². The lowest BCUT2D eigenvalue weighted by atomic mass is 9.90. The molecule has 0 aliphatic heterocycles. The number of unbranched alkanes of at least 4 members (excludes halogenated alkanes) is 1. The average molecular weight is 442 g/mol. The van der Waals surface area contributed by atoms with E-state index in [-0.39, 0.29) is 18.8 Å². The number of esters is 2. The molecule has 4 atom stereocenters. The number of nitriles is 2. The van der Waals surface area contributed by atoms with Crippen LogP contribution < -0.4 is 0 Å². The van der Waals surface area contributed by atoms with Gasteiger partial charge in [-0.3, -0.25) is 9.59 Å². The molecule has 0 N–H and O–H groups in total. The minimum Gasteiger partial charge on any atom is -0.436 e. The summed E-state index contributed by atoms with van der Waals surface area (Å²) in [6.45, 7) is 9.39. The molecule has 0 aliphatic rings. The van der Waals surface area contributed by atoms with Gasteiger partial charge in [-0.1, -0.05) is 0 Å². The Morgan fingerprint density at radius 2 is 1.30 bits per heavy atom. The lowest BCUT2D eigenvalue weighted by molar-refractivity contribution is -0.178. The van der Waals surface area contributed by atoms with Gasteiger partial charge in [0.1, 0.15) is 0 Å². The topological polar surface area (TPSA) is 119 Å². The highest BCUT2D eigenvalue weighted by molar-refractivity contribution is 7.19. The number of carbonyl (C=O) groups excluding carboxylic acids is 2. The van der Waals surface area contributed by atoms with Crippen LogP contribution in [0.5, 0.6) is 0 Å². The number of rotatable bonds is 15. The van der Waals surface area contributed by atoms with Crippen LogP contribution in [-0.2, 0) is 28.5 Å². The summed E-state index contributed by atoms with van der Waals surface area (Å²) in [5, 5.41) is 17.2. The smallest absolute Gasteiger partial charge is 0.308 e. The van der Waals surface area contributed by atoms with Crippen molar-refractivity contribution in [3.05, 3.63) is 0 Å². The van der Waals surface area contributed by atoms with Gasteiger partial charge in [-0.25, -0.2) is 0 Å². The third-order valence-corrected chi connectivity index (χ3v) is 4.62. The van der Waals surface area contributed by atoms with E-state index in [9.17, 15) is 9.59 Å². The fourth-order valence-corrected chi connectivity index (χ4v) is 2.29. The fourth-order valence-electron chi connectivity index (χ4n) is 2.15.